The number of sulfonamides is 1. The van der Waals surface area contributed by atoms with E-state index in [2.05, 4.69) is 9.71 Å². The Morgan fingerprint density at radius 2 is 2.20 bits per heavy atom. The van der Waals surface area contributed by atoms with Gasteiger partial charge in [-0.3, -0.25) is 4.79 Å². The molecule has 1 fully saturated rings. The summed E-state index contributed by atoms with van der Waals surface area (Å²) in [6, 6.07) is 0.151. The van der Waals surface area contributed by atoms with Crippen LogP contribution in [0.4, 0.5) is 0 Å². The number of amides is 1. The minimum Gasteiger partial charge on any atom is -0.388 e. The van der Waals surface area contributed by atoms with Gasteiger partial charge in [0.05, 0.1) is 0 Å². The second-order valence-corrected chi connectivity index (χ2v) is 5.20. The Morgan fingerprint density at radius 1 is 1.53 bits per heavy atom. The normalized spacial score (nSPS) is 24.0. The quantitative estimate of drug-likeness (QED) is 0.649. The van der Waals surface area contributed by atoms with Crippen LogP contribution in [0.5, 0.6) is 0 Å². The van der Waals surface area contributed by atoms with Gasteiger partial charge in [0.1, 0.15) is 5.71 Å². The molecule has 0 aromatic carbocycles. The highest BCUT2D eigenvalue weighted by molar-refractivity contribution is 7.94. The topological polar surface area (TPSA) is 102 Å². The molecule has 0 atom stereocenters. The molecule has 0 aromatic heterocycles. The monoisotopic (exact) mass is 229 g/mol. The Labute approximate surface area is 87.3 Å². The van der Waals surface area contributed by atoms with Crippen LogP contribution in [-0.2, 0) is 14.8 Å². The molecule has 1 aliphatic heterocycles. The molecule has 0 bridgehead atoms. The Morgan fingerprint density at radius 3 is 2.60 bits per heavy atom. The van der Waals surface area contributed by atoms with E-state index < -0.39 is 15.9 Å². The van der Waals surface area contributed by atoms with E-state index in [4.69, 9.17) is 5.73 Å². The van der Waals surface area contributed by atoms with Crippen LogP contribution < -0.4 is 11.1 Å². The van der Waals surface area contributed by atoms with Crippen LogP contribution in [-0.4, -0.2) is 26.1 Å². The van der Waals surface area contributed by atoms with E-state index in [1.807, 2.05) is 0 Å². The lowest BCUT2D eigenvalue weighted by atomic mass is 9.93. The Hall–Kier alpha value is -1.37. The van der Waals surface area contributed by atoms with Gasteiger partial charge in [-0.05, 0) is 19.3 Å². The maximum atomic E-state index is 11.5. The molecule has 0 unspecified atom stereocenters. The van der Waals surface area contributed by atoms with Crippen molar-refractivity contribution in [2.45, 2.75) is 25.3 Å². The molecule has 0 spiro atoms. The average molecular weight is 229 g/mol. The van der Waals surface area contributed by atoms with Gasteiger partial charge in [-0.1, -0.05) is 0 Å². The lowest BCUT2D eigenvalue weighted by Crippen LogP contribution is -2.42. The van der Waals surface area contributed by atoms with Crippen molar-refractivity contribution in [2.24, 2.45) is 10.1 Å². The SMILES string of the molecule is NC1=CC(C(=O)NC2CCC2)=NS1(=O)=O. The molecule has 1 heterocycles. The molecule has 0 aromatic rings. The van der Waals surface area contributed by atoms with Crippen molar-refractivity contribution in [1.82, 2.24) is 5.32 Å². The van der Waals surface area contributed by atoms with E-state index in [1.54, 1.807) is 0 Å². The van der Waals surface area contributed by atoms with E-state index in [-0.39, 0.29) is 16.8 Å². The van der Waals surface area contributed by atoms with Crippen LogP contribution in [0.3, 0.4) is 0 Å². The zero-order valence-electron chi connectivity index (χ0n) is 7.93. The summed E-state index contributed by atoms with van der Waals surface area (Å²) in [5.41, 5.74) is 5.07. The van der Waals surface area contributed by atoms with Gasteiger partial charge in [0.25, 0.3) is 15.9 Å². The molecule has 2 rings (SSSR count). The summed E-state index contributed by atoms with van der Waals surface area (Å²) in [6.07, 6.45) is 4.05. The van der Waals surface area contributed by atoms with Crippen molar-refractivity contribution in [2.75, 3.05) is 0 Å². The van der Waals surface area contributed by atoms with Crippen LogP contribution >= 0.6 is 0 Å². The Balaban J connectivity index is 2.09. The van der Waals surface area contributed by atoms with Gasteiger partial charge in [-0.15, -0.1) is 0 Å². The van der Waals surface area contributed by atoms with Gasteiger partial charge in [0.15, 0.2) is 5.03 Å². The second kappa shape index (κ2) is 3.34. The van der Waals surface area contributed by atoms with Crippen LogP contribution in [0.15, 0.2) is 15.5 Å². The zero-order chi connectivity index (χ0) is 11.1. The number of nitrogens with one attached hydrogen (secondary N) is 1. The van der Waals surface area contributed by atoms with Gasteiger partial charge in [0.2, 0.25) is 0 Å². The first-order valence-corrected chi connectivity index (χ1v) is 6.06. The van der Waals surface area contributed by atoms with Crippen LogP contribution in [0.2, 0.25) is 0 Å². The highest BCUT2D eigenvalue weighted by Crippen LogP contribution is 2.18. The van der Waals surface area contributed by atoms with Crippen molar-refractivity contribution >= 4 is 21.6 Å². The van der Waals surface area contributed by atoms with Gasteiger partial charge < -0.3 is 11.1 Å². The van der Waals surface area contributed by atoms with E-state index in [1.165, 1.54) is 0 Å². The van der Waals surface area contributed by atoms with Crippen molar-refractivity contribution in [3.63, 3.8) is 0 Å². The Bertz CT molecular complexity index is 460. The van der Waals surface area contributed by atoms with E-state index in [0.717, 1.165) is 25.3 Å². The molecule has 0 radical (unpaired) electrons. The van der Waals surface area contributed by atoms with Gasteiger partial charge in [0, 0.05) is 12.1 Å². The zero-order valence-corrected chi connectivity index (χ0v) is 8.75. The minimum absolute atomic E-state index is 0.126. The summed E-state index contributed by atoms with van der Waals surface area (Å²) >= 11 is 0. The smallest absolute Gasteiger partial charge is 0.298 e. The maximum absolute atomic E-state index is 11.5. The summed E-state index contributed by atoms with van der Waals surface area (Å²) in [5.74, 6) is -0.469. The summed E-state index contributed by atoms with van der Waals surface area (Å²) in [7, 11) is -3.78. The second-order valence-electron chi connectivity index (χ2n) is 3.60. The summed E-state index contributed by atoms with van der Waals surface area (Å²) < 4.78 is 25.4. The third-order valence-electron chi connectivity index (χ3n) is 2.47. The largest absolute Gasteiger partial charge is 0.388 e. The molecule has 2 aliphatic rings. The van der Waals surface area contributed by atoms with Gasteiger partial charge >= 0.3 is 0 Å². The molecule has 0 saturated heterocycles. The predicted octanol–water partition coefficient (Wildman–Crippen LogP) is -0.760. The number of hydrogen-bond acceptors (Lipinski definition) is 4. The van der Waals surface area contributed by atoms with Crippen molar-refractivity contribution < 1.29 is 13.2 Å². The molecular formula is C8H11N3O3S. The van der Waals surface area contributed by atoms with E-state index in [0.29, 0.717) is 0 Å². The number of nitrogens with two attached hydrogens (primary N) is 1. The predicted molar refractivity (Wildman–Crippen MR) is 54.4 cm³/mol. The summed E-state index contributed by atoms with van der Waals surface area (Å²) in [6.45, 7) is 0. The molecule has 15 heavy (non-hydrogen) atoms. The van der Waals surface area contributed by atoms with Crippen LogP contribution in [0.1, 0.15) is 19.3 Å². The van der Waals surface area contributed by atoms with Crippen LogP contribution in [0, 0.1) is 0 Å². The number of carbonyl (C=O) groups is 1. The molecule has 82 valence electrons. The highest BCUT2D eigenvalue weighted by atomic mass is 32.2. The molecule has 7 heteroatoms. The summed E-state index contributed by atoms with van der Waals surface area (Å²) in [5, 5.41) is 2.31. The van der Waals surface area contributed by atoms with Crippen LogP contribution in [0.25, 0.3) is 0 Å². The lowest BCUT2D eigenvalue weighted by Gasteiger charge is -2.25. The number of hydrogen-bond donors (Lipinski definition) is 2. The fourth-order valence-electron chi connectivity index (χ4n) is 1.34. The van der Waals surface area contributed by atoms with Crippen molar-refractivity contribution in [3.05, 3.63) is 11.1 Å². The first-order valence-electron chi connectivity index (χ1n) is 4.62. The highest BCUT2D eigenvalue weighted by Gasteiger charge is 2.28. The van der Waals surface area contributed by atoms with Crippen molar-refractivity contribution in [3.8, 4) is 0 Å². The van der Waals surface area contributed by atoms with E-state index in [9.17, 15) is 13.2 Å². The fourth-order valence-corrected chi connectivity index (χ4v) is 2.10. The number of rotatable bonds is 2. The molecule has 1 aliphatic carbocycles. The number of carbonyl (C=O) groups excluding carboxylic acids is 1. The van der Waals surface area contributed by atoms with Crippen molar-refractivity contribution in [1.29, 1.82) is 0 Å². The standard InChI is InChI=1S/C8H11N3O3S/c9-7-4-6(11-15(7,13)14)8(12)10-5-2-1-3-5/h4-5H,1-3,9H2,(H,10,12). The third kappa shape index (κ3) is 1.87. The molecule has 1 saturated carbocycles. The molecular weight excluding hydrogens is 218 g/mol. The maximum Gasteiger partial charge on any atom is 0.298 e. The van der Waals surface area contributed by atoms with E-state index >= 15 is 0 Å². The van der Waals surface area contributed by atoms with Gasteiger partial charge in [-0.25, -0.2) is 0 Å². The number of nitrogens with zero attached hydrogens (tertiary/aromatic N) is 1. The minimum atomic E-state index is -3.78. The summed E-state index contributed by atoms with van der Waals surface area (Å²) in [4.78, 5) is 11.5. The molecule has 1 amide bonds. The average Bonchev–Trinajstić information content (AvgIpc) is 2.34. The first kappa shape index (κ1) is 10.2. The molecule has 3 N–H and O–H groups in total. The third-order valence-corrected chi connectivity index (χ3v) is 3.62. The Kier molecular flexibility index (Phi) is 2.26. The molecule has 6 nitrogen and oxygen atoms in total. The lowest BCUT2D eigenvalue weighted by molar-refractivity contribution is -0.115. The first-order chi connectivity index (χ1) is 6.99. The van der Waals surface area contributed by atoms with Gasteiger partial charge in [-0.2, -0.15) is 12.8 Å². The fraction of sp³-hybridized carbons (Fsp3) is 0.500.